The molecule has 13 aromatic rings. The Morgan fingerprint density at radius 3 is 0.988 bits per heavy atom. The minimum atomic E-state index is -4.85. The Hall–Kier alpha value is -12.3. The van der Waals surface area contributed by atoms with E-state index in [0.717, 1.165) is 72.0 Å². The van der Waals surface area contributed by atoms with Gasteiger partial charge in [0.25, 0.3) is 0 Å². The minimum Gasteiger partial charge on any atom is -0.309 e. The van der Waals surface area contributed by atoms with E-state index in [2.05, 4.69) is 34.9 Å². The molecule has 8 nitrogen and oxygen atoms in total. The molecular weight excluding hydrogens is 1050 g/mol. The number of halogens is 3. The highest BCUT2D eigenvalue weighted by atomic mass is 19.4. The van der Waals surface area contributed by atoms with Crippen molar-refractivity contribution in [2.75, 3.05) is 0 Å². The van der Waals surface area contributed by atoms with Gasteiger partial charge in [0.05, 0.1) is 109 Å². The Balaban J connectivity index is 1.14. The number of nitrogens with zero attached hydrogens (tertiary/aromatic N) is 8. The molecule has 0 aliphatic heterocycles. The largest absolute Gasteiger partial charge is 0.417 e. The molecule has 0 atom stereocenters. The summed E-state index contributed by atoms with van der Waals surface area (Å²) in [4.78, 5) is 0. The van der Waals surface area contributed by atoms with Crippen LogP contribution in [-0.2, 0) is 6.18 Å². The Morgan fingerprint density at radius 2 is 0.607 bits per heavy atom. The number of rotatable bonds is 8. The second-order valence-electron chi connectivity index (χ2n) is 20.2. The molecule has 0 N–H and O–H groups in total. The van der Waals surface area contributed by atoms with Gasteiger partial charge in [-0.15, -0.1) is 0 Å². The molecule has 11 aromatic carbocycles. The summed E-state index contributed by atoms with van der Waals surface area (Å²) in [7, 11) is 0. The van der Waals surface area contributed by atoms with E-state index in [9.17, 15) is 31.6 Å². The van der Waals surface area contributed by atoms with Crippen molar-refractivity contribution in [3.05, 3.63) is 263 Å². The van der Waals surface area contributed by atoms with Crippen LogP contribution >= 0.6 is 0 Å². The smallest absolute Gasteiger partial charge is 0.309 e. The fourth-order valence-corrected chi connectivity index (χ4v) is 11.8. The first-order valence-electron chi connectivity index (χ1n) is 26.5. The van der Waals surface area contributed by atoms with Crippen LogP contribution in [0.4, 0.5) is 13.2 Å². The van der Waals surface area contributed by atoms with E-state index in [4.69, 9.17) is 0 Å². The highest BCUT2D eigenvalue weighted by Gasteiger charge is 2.35. The average molecular weight is 1080 g/mol. The van der Waals surface area contributed by atoms with Crippen LogP contribution in [0, 0.1) is 68.0 Å². The van der Waals surface area contributed by atoms with Crippen LogP contribution in [0.25, 0.3) is 122 Å². The molecule has 2 heterocycles. The lowest BCUT2D eigenvalue weighted by molar-refractivity contribution is -0.137. The first-order valence-corrected chi connectivity index (χ1v) is 26.5. The molecule has 390 valence electrons. The maximum Gasteiger partial charge on any atom is 0.417 e. The predicted molar refractivity (Wildman–Crippen MR) is 321 cm³/mol. The molecule has 84 heavy (non-hydrogen) atoms. The Labute approximate surface area is 479 Å². The number of aromatic nitrogens is 2. The standard InChI is InChI=1S/C73H37F3N8/c74-73(75,76)66-32-45(39-78)17-24-59(66)50-19-25-60(72(37-50)84-70-29-22-48(57-15-7-3-11-53(57)42-81)35-64(70)65-36-49(23-30-71(65)84)58-16-8-4-12-54(58)43-82)61-31-44(38-77)18-26-67(61)83-68-27-20-46(55-13-5-1-9-51(55)40-79)33-62(68)63-34-47(21-28-69(63)83)56-14-6-2-10-52(56)41-80/h1-37H. The van der Waals surface area contributed by atoms with Gasteiger partial charge in [-0.2, -0.15) is 44.7 Å². The molecule has 0 aliphatic carbocycles. The molecule has 0 spiro atoms. The fourth-order valence-electron chi connectivity index (χ4n) is 11.8. The Morgan fingerprint density at radius 1 is 0.274 bits per heavy atom. The minimum absolute atomic E-state index is 0.153. The zero-order valence-corrected chi connectivity index (χ0v) is 44.1. The molecule has 2 aromatic heterocycles. The van der Waals surface area contributed by atoms with Gasteiger partial charge in [0.15, 0.2) is 0 Å². The Bertz CT molecular complexity index is 5000. The molecule has 0 aliphatic rings. The van der Waals surface area contributed by atoms with Crippen LogP contribution in [0.3, 0.4) is 0 Å². The molecule has 11 heteroatoms. The lowest BCUT2D eigenvalue weighted by Gasteiger charge is -2.21. The van der Waals surface area contributed by atoms with E-state index in [-0.39, 0.29) is 16.7 Å². The summed E-state index contributed by atoms with van der Waals surface area (Å²) >= 11 is 0. The topological polar surface area (TPSA) is 153 Å². The van der Waals surface area contributed by atoms with Gasteiger partial charge in [0, 0.05) is 32.7 Å². The van der Waals surface area contributed by atoms with Crippen molar-refractivity contribution in [3.63, 3.8) is 0 Å². The van der Waals surface area contributed by atoms with Crippen molar-refractivity contribution < 1.29 is 13.2 Å². The predicted octanol–water partition coefficient (Wildman–Crippen LogP) is 18.1. The third kappa shape index (κ3) is 8.52. The zero-order valence-electron chi connectivity index (χ0n) is 44.1. The average Bonchev–Trinajstić information content (AvgIpc) is 2.00. The SMILES string of the molecule is N#Cc1ccc(-n2c3ccc(-c4ccccc4C#N)cc3c3cc(-c4ccccc4C#N)ccc32)c(-c2ccc(-c3ccc(C#N)cc3C(F)(F)F)cc2-n2c3ccc(-c4ccccc4C#N)cc3c3cc(-c4ccccc4C#N)ccc32)c1. The summed E-state index contributed by atoms with van der Waals surface area (Å²) in [6.45, 7) is 0. The molecule has 0 fully saturated rings. The lowest BCUT2D eigenvalue weighted by Crippen LogP contribution is -2.08. The second kappa shape index (κ2) is 20.4. The second-order valence-corrected chi connectivity index (χ2v) is 20.2. The van der Waals surface area contributed by atoms with Crippen LogP contribution in [0.1, 0.15) is 38.9 Å². The van der Waals surface area contributed by atoms with Crippen molar-refractivity contribution in [2.45, 2.75) is 6.18 Å². The molecule has 13 rings (SSSR count). The van der Waals surface area contributed by atoms with Gasteiger partial charge in [0.2, 0.25) is 0 Å². The summed E-state index contributed by atoms with van der Waals surface area (Å²) < 4.78 is 50.0. The molecule has 0 saturated heterocycles. The first-order chi connectivity index (χ1) is 41.0. The van der Waals surface area contributed by atoms with E-state index < -0.39 is 11.7 Å². The zero-order chi connectivity index (χ0) is 57.8. The van der Waals surface area contributed by atoms with Crippen LogP contribution in [0.15, 0.2) is 224 Å². The van der Waals surface area contributed by atoms with Gasteiger partial charge in [-0.3, -0.25) is 0 Å². The highest BCUT2D eigenvalue weighted by Crippen LogP contribution is 2.47. The molecule has 0 radical (unpaired) electrons. The number of fused-ring (bicyclic) bond motifs is 6. The van der Waals surface area contributed by atoms with Crippen molar-refractivity contribution in [1.82, 2.24) is 9.13 Å². The summed E-state index contributed by atoms with van der Waals surface area (Å²) in [5.74, 6) is 0. The maximum absolute atomic E-state index is 15.3. The van der Waals surface area contributed by atoms with Crippen LogP contribution < -0.4 is 0 Å². The van der Waals surface area contributed by atoms with Gasteiger partial charge in [0.1, 0.15) is 0 Å². The van der Waals surface area contributed by atoms with Crippen LogP contribution in [0.5, 0.6) is 0 Å². The van der Waals surface area contributed by atoms with E-state index in [1.807, 2.05) is 150 Å². The number of hydrogen-bond donors (Lipinski definition) is 0. The molecule has 0 unspecified atom stereocenters. The molecular formula is C73H37F3N8. The van der Waals surface area contributed by atoms with Crippen molar-refractivity contribution in [3.8, 4) is 115 Å². The fraction of sp³-hybridized carbons (Fsp3) is 0.0137. The van der Waals surface area contributed by atoms with Gasteiger partial charge < -0.3 is 9.13 Å². The van der Waals surface area contributed by atoms with E-state index in [1.54, 1.807) is 66.7 Å². The summed E-state index contributed by atoms with van der Waals surface area (Å²) in [5, 5.41) is 64.7. The van der Waals surface area contributed by atoms with Gasteiger partial charge >= 0.3 is 6.18 Å². The lowest BCUT2D eigenvalue weighted by atomic mass is 9.92. The normalized spacial score (nSPS) is 11.2. The summed E-state index contributed by atoms with van der Waals surface area (Å²) in [5.41, 5.74) is 12.1. The molecule has 0 saturated carbocycles. The monoisotopic (exact) mass is 1080 g/mol. The molecule has 0 bridgehead atoms. The van der Waals surface area contributed by atoms with E-state index >= 15 is 13.2 Å². The van der Waals surface area contributed by atoms with Gasteiger partial charge in [-0.1, -0.05) is 115 Å². The summed E-state index contributed by atoms with van der Waals surface area (Å²) in [6.07, 6.45) is -4.85. The maximum atomic E-state index is 15.3. The number of alkyl halides is 3. The number of nitriles is 6. The van der Waals surface area contributed by atoms with Crippen molar-refractivity contribution in [2.24, 2.45) is 0 Å². The van der Waals surface area contributed by atoms with Gasteiger partial charge in [-0.05, 0) is 165 Å². The van der Waals surface area contributed by atoms with Crippen molar-refractivity contribution in [1.29, 1.82) is 31.6 Å². The third-order valence-corrected chi connectivity index (χ3v) is 15.6. The third-order valence-electron chi connectivity index (χ3n) is 15.6. The highest BCUT2D eigenvalue weighted by molar-refractivity contribution is 6.14. The quantitative estimate of drug-likeness (QED) is 0.148. The number of hydrogen-bond acceptors (Lipinski definition) is 6. The van der Waals surface area contributed by atoms with Crippen molar-refractivity contribution >= 4 is 43.6 Å². The van der Waals surface area contributed by atoms with E-state index in [0.29, 0.717) is 72.5 Å². The van der Waals surface area contributed by atoms with Crippen LogP contribution in [-0.4, -0.2) is 9.13 Å². The van der Waals surface area contributed by atoms with E-state index in [1.165, 1.54) is 12.1 Å². The molecule has 0 amide bonds. The summed E-state index contributed by atoms with van der Waals surface area (Å²) in [6, 6.07) is 80.6. The first kappa shape index (κ1) is 51.2. The Kier molecular flexibility index (Phi) is 12.5. The van der Waals surface area contributed by atoms with Crippen LogP contribution in [0.2, 0.25) is 0 Å². The van der Waals surface area contributed by atoms with Gasteiger partial charge in [-0.25, -0.2) is 0 Å². The number of benzene rings is 11.